The van der Waals surface area contributed by atoms with Gasteiger partial charge in [-0.25, -0.2) is 0 Å². The number of hydrogen-bond acceptors (Lipinski definition) is 3. The molecule has 2 unspecified atom stereocenters. The molecule has 0 aliphatic carbocycles. The van der Waals surface area contributed by atoms with Crippen molar-refractivity contribution in [2.75, 3.05) is 18.0 Å². The van der Waals surface area contributed by atoms with E-state index in [0.29, 0.717) is 11.8 Å². The second-order valence-electron chi connectivity index (χ2n) is 5.37. The van der Waals surface area contributed by atoms with E-state index in [-0.39, 0.29) is 0 Å². The number of nitriles is 1. The van der Waals surface area contributed by atoms with Gasteiger partial charge in [-0.15, -0.1) is 0 Å². The maximum Gasteiger partial charge on any atom is 0.144 e. The van der Waals surface area contributed by atoms with E-state index < -0.39 is 0 Å². The van der Waals surface area contributed by atoms with Gasteiger partial charge in [-0.2, -0.15) is 10.4 Å². The molecular weight excluding hydrogens is 212 g/mol. The Hall–Kier alpha value is -1.50. The first-order valence-electron chi connectivity index (χ1n) is 6.21. The monoisotopic (exact) mass is 232 g/mol. The smallest absolute Gasteiger partial charge is 0.144 e. The average Bonchev–Trinajstić information content (AvgIpc) is 2.51. The van der Waals surface area contributed by atoms with Crippen molar-refractivity contribution in [3.63, 3.8) is 0 Å². The quantitative estimate of drug-likeness (QED) is 0.744. The van der Waals surface area contributed by atoms with Crippen molar-refractivity contribution in [3.8, 4) is 6.07 Å². The number of rotatable bonds is 1. The molecule has 2 heterocycles. The van der Waals surface area contributed by atoms with Crippen LogP contribution in [0.15, 0.2) is 0 Å². The number of hydrogen-bond donors (Lipinski definition) is 0. The highest BCUT2D eigenvalue weighted by Gasteiger charge is 2.26. The summed E-state index contributed by atoms with van der Waals surface area (Å²) in [7, 11) is 1.92. The SMILES string of the molecule is Cc1nn(C)c(N2CC(C)CC(C)C2)c1C#N. The zero-order chi connectivity index (χ0) is 12.6. The van der Waals surface area contributed by atoms with E-state index in [4.69, 9.17) is 0 Å². The van der Waals surface area contributed by atoms with Crippen LogP contribution in [0.5, 0.6) is 0 Å². The van der Waals surface area contributed by atoms with E-state index in [0.717, 1.165) is 30.2 Å². The molecule has 0 bridgehead atoms. The topological polar surface area (TPSA) is 44.9 Å². The third kappa shape index (κ3) is 2.14. The largest absolute Gasteiger partial charge is 0.355 e. The Bertz CT molecular complexity index is 445. The molecule has 1 aromatic rings. The van der Waals surface area contributed by atoms with Gasteiger partial charge in [-0.05, 0) is 25.2 Å². The van der Waals surface area contributed by atoms with Gasteiger partial charge >= 0.3 is 0 Å². The van der Waals surface area contributed by atoms with E-state index in [2.05, 4.69) is 29.9 Å². The lowest BCUT2D eigenvalue weighted by Gasteiger charge is -2.36. The minimum Gasteiger partial charge on any atom is -0.355 e. The highest BCUT2D eigenvalue weighted by atomic mass is 15.4. The summed E-state index contributed by atoms with van der Waals surface area (Å²) in [5.74, 6) is 2.35. The Morgan fingerprint density at radius 3 is 2.41 bits per heavy atom. The molecule has 1 saturated heterocycles. The number of aromatic nitrogens is 2. The van der Waals surface area contributed by atoms with Crippen LogP contribution < -0.4 is 4.90 Å². The maximum absolute atomic E-state index is 9.25. The summed E-state index contributed by atoms with van der Waals surface area (Å²) in [5, 5.41) is 13.6. The van der Waals surface area contributed by atoms with Gasteiger partial charge in [0.15, 0.2) is 0 Å². The molecule has 2 atom stereocenters. The van der Waals surface area contributed by atoms with Crippen LogP contribution in [0.1, 0.15) is 31.5 Å². The lowest BCUT2D eigenvalue weighted by Crippen LogP contribution is -2.40. The number of aryl methyl sites for hydroxylation is 2. The Kier molecular flexibility index (Phi) is 3.10. The third-order valence-electron chi connectivity index (χ3n) is 3.47. The summed E-state index contributed by atoms with van der Waals surface area (Å²) in [6, 6.07) is 2.29. The summed E-state index contributed by atoms with van der Waals surface area (Å²) in [4.78, 5) is 2.32. The molecule has 1 aliphatic rings. The molecule has 1 aromatic heterocycles. The molecule has 0 amide bonds. The lowest BCUT2D eigenvalue weighted by molar-refractivity contribution is 0.353. The van der Waals surface area contributed by atoms with Crippen LogP contribution in [-0.2, 0) is 7.05 Å². The van der Waals surface area contributed by atoms with Crippen molar-refractivity contribution < 1.29 is 0 Å². The fraction of sp³-hybridized carbons (Fsp3) is 0.692. The number of anilines is 1. The zero-order valence-electron chi connectivity index (χ0n) is 11.1. The van der Waals surface area contributed by atoms with Crippen molar-refractivity contribution in [1.29, 1.82) is 5.26 Å². The summed E-state index contributed by atoms with van der Waals surface area (Å²) >= 11 is 0. The van der Waals surface area contributed by atoms with E-state index in [1.165, 1.54) is 6.42 Å². The molecular formula is C13H20N4. The van der Waals surface area contributed by atoms with Crippen LogP contribution >= 0.6 is 0 Å². The molecule has 0 spiro atoms. The van der Waals surface area contributed by atoms with Gasteiger partial charge in [0.25, 0.3) is 0 Å². The first kappa shape index (κ1) is 12.0. The van der Waals surface area contributed by atoms with Crippen molar-refractivity contribution in [3.05, 3.63) is 11.3 Å². The molecule has 1 aliphatic heterocycles. The van der Waals surface area contributed by atoms with E-state index in [1.54, 1.807) is 0 Å². The fourth-order valence-electron chi connectivity index (χ4n) is 2.98. The Labute approximate surface area is 103 Å². The highest BCUT2D eigenvalue weighted by molar-refractivity contribution is 5.57. The summed E-state index contributed by atoms with van der Waals surface area (Å²) in [6.45, 7) is 8.50. The van der Waals surface area contributed by atoms with Crippen LogP contribution in [0.25, 0.3) is 0 Å². The maximum atomic E-state index is 9.25. The van der Waals surface area contributed by atoms with Crippen molar-refractivity contribution >= 4 is 5.82 Å². The van der Waals surface area contributed by atoms with Gasteiger partial charge < -0.3 is 4.90 Å². The van der Waals surface area contributed by atoms with E-state index in [1.807, 2.05) is 18.7 Å². The van der Waals surface area contributed by atoms with Gasteiger partial charge in [0.05, 0.1) is 5.69 Å². The van der Waals surface area contributed by atoms with Crippen molar-refractivity contribution in [2.24, 2.45) is 18.9 Å². The second kappa shape index (κ2) is 4.40. The predicted molar refractivity (Wildman–Crippen MR) is 67.8 cm³/mol. The standard InChI is InChI=1S/C13H20N4/c1-9-5-10(2)8-17(7-9)13-12(6-14)11(3)15-16(13)4/h9-10H,5,7-8H2,1-4H3. The molecule has 1 fully saturated rings. The van der Waals surface area contributed by atoms with Crippen molar-refractivity contribution in [1.82, 2.24) is 9.78 Å². The number of piperidine rings is 1. The summed E-state index contributed by atoms with van der Waals surface area (Å²) in [6.07, 6.45) is 1.27. The van der Waals surface area contributed by atoms with E-state index in [9.17, 15) is 5.26 Å². The fourth-order valence-corrected chi connectivity index (χ4v) is 2.98. The minimum atomic E-state index is 0.681. The molecule has 4 nitrogen and oxygen atoms in total. The minimum absolute atomic E-state index is 0.681. The predicted octanol–water partition coefficient (Wildman–Crippen LogP) is 2.08. The Balaban J connectivity index is 2.37. The molecule has 4 heteroatoms. The molecule has 0 aromatic carbocycles. The van der Waals surface area contributed by atoms with Gasteiger partial charge in [-0.3, -0.25) is 4.68 Å². The summed E-state index contributed by atoms with van der Waals surface area (Å²) < 4.78 is 1.85. The van der Waals surface area contributed by atoms with Gasteiger partial charge in [0.1, 0.15) is 17.5 Å². The van der Waals surface area contributed by atoms with Crippen LogP contribution in [-0.4, -0.2) is 22.9 Å². The molecule has 0 radical (unpaired) electrons. The molecule has 0 N–H and O–H groups in total. The molecule has 0 saturated carbocycles. The van der Waals surface area contributed by atoms with Crippen LogP contribution in [0.3, 0.4) is 0 Å². The van der Waals surface area contributed by atoms with Gasteiger partial charge in [0, 0.05) is 20.1 Å². The lowest BCUT2D eigenvalue weighted by atomic mass is 9.92. The van der Waals surface area contributed by atoms with Crippen LogP contribution in [0.2, 0.25) is 0 Å². The Morgan fingerprint density at radius 1 is 1.29 bits per heavy atom. The average molecular weight is 232 g/mol. The van der Waals surface area contributed by atoms with Crippen molar-refractivity contribution in [2.45, 2.75) is 27.2 Å². The summed E-state index contributed by atoms with van der Waals surface area (Å²) in [5.41, 5.74) is 1.56. The normalized spacial score (nSPS) is 24.8. The molecule has 2 rings (SSSR count). The van der Waals surface area contributed by atoms with Crippen LogP contribution in [0, 0.1) is 30.1 Å². The van der Waals surface area contributed by atoms with Crippen LogP contribution in [0.4, 0.5) is 5.82 Å². The molecule has 92 valence electrons. The van der Waals surface area contributed by atoms with Gasteiger partial charge in [-0.1, -0.05) is 13.8 Å². The highest BCUT2D eigenvalue weighted by Crippen LogP contribution is 2.29. The first-order chi connectivity index (χ1) is 8.02. The number of nitrogens with zero attached hydrogens (tertiary/aromatic N) is 4. The first-order valence-corrected chi connectivity index (χ1v) is 6.21. The third-order valence-corrected chi connectivity index (χ3v) is 3.47. The Morgan fingerprint density at radius 2 is 1.88 bits per heavy atom. The van der Waals surface area contributed by atoms with Gasteiger partial charge in [0.2, 0.25) is 0 Å². The molecule has 17 heavy (non-hydrogen) atoms. The second-order valence-corrected chi connectivity index (χ2v) is 5.37. The zero-order valence-corrected chi connectivity index (χ0v) is 11.1. The van der Waals surface area contributed by atoms with E-state index >= 15 is 0 Å².